The summed E-state index contributed by atoms with van der Waals surface area (Å²) in [6, 6.07) is 0. The molecule has 0 nitrogen and oxygen atoms in total. The van der Waals surface area contributed by atoms with E-state index < -0.39 is 0 Å². The Morgan fingerprint density at radius 2 is 2.00 bits per heavy atom. The van der Waals surface area contributed by atoms with Crippen molar-refractivity contribution in [3.8, 4) is 0 Å². The summed E-state index contributed by atoms with van der Waals surface area (Å²) < 4.78 is 0. The Morgan fingerprint density at radius 3 is 2.50 bits per heavy atom. The lowest BCUT2D eigenvalue weighted by molar-refractivity contribution is 0.525. The van der Waals surface area contributed by atoms with Crippen LogP contribution in [0.3, 0.4) is 0 Å². The number of thioether (sulfide) groups is 1. The molecule has 0 N–H and O–H groups in total. The first-order valence-corrected chi connectivity index (χ1v) is 6.18. The smallest absolute Gasteiger partial charge is 0.00678 e. The van der Waals surface area contributed by atoms with Crippen LogP contribution in [0.5, 0.6) is 0 Å². The van der Waals surface area contributed by atoms with Crippen LogP contribution in [-0.2, 0) is 0 Å². The van der Waals surface area contributed by atoms with Crippen LogP contribution in [0.4, 0.5) is 0 Å². The first-order chi connectivity index (χ1) is 5.66. The summed E-state index contributed by atoms with van der Waals surface area (Å²) in [5, 5.41) is 0. The fourth-order valence-corrected chi connectivity index (χ4v) is 1.76. The molecule has 0 aliphatic carbocycles. The average molecular weight is 186 g/mol. The van der Waals surface area contributed by atoms with Crippen LogP contribution in [0, 0.1) is 5.92 Å². The molecule has 0 aromatic heterocycles. The van der Waals surface area contributed by atoms with Gasteiger partial charge in [0.25, 0.3) is 0 Å². The van der Waals surface area contributed by atoms with Crippen molar-refractivity contribution in [3.05, 3.63) is 11.6 Å². The van der Waals surface area contributed by atoms with E-state index >= 15 is 0 Å². The van der Waals surface area contributed by atoms with Gasteiger partial charge in [-0.2, -0.15) is 11.8 Å². The lowest BCUT2D eigenvalue weighted by Crippen LogP contribution is -1.95. The molecule has 0 aliphatic rings. The van der Waals surface area contributed by atoms with Gasteiger partial charge in [-0.15, -0.1) is 0 Å². The second-order valence-corrected chi connectivity index (χ2v) is 4.73. The molecule has 0 radical (unpaired) electrons. The zero-order valence-corrected chi connectivity index (χ0v) is 9.71. The quantitative estimate of drug-likeness (QED) is 0.562. The molecule has 0 aliphatic heterocycles. The van der Waals surface area contributed by atoms with Gasteiger partial charge in [-0.1, -0.05) is 18.6 Å². The molecule has 0 amide bonds. The monoisotopic (exact) mass is 186 g/mol. The van der Waals surface area contributed by atoms with Crippen molar-refractivity contribution in [1.29, 1.82) is 0 Å². The van der Waals surface area contributed by atoms with E-state index in [0.29, 0.717) is 0 Å². The fraction of sp³-hybridized carbons (Fsp3) is 0.818. The van der Waals surface area contributed by atoms with Crippen molar-refractivity contribution in [1.82, 2.24) is 0 Å². The Labute approximate surface area is 81.8 Å². The Balaban J connectivity index is 3.31. The molecule has 12 heavy (non-hydrogen) atoms. The SMILES string of the molecule is CSCC[C@@H](C)CCC=C(C)C. The van der Waals surface area contributed by atoms with Crippen molar-refractivity contribution < 1.29 is 0 Å². The first-order valence-electron chi connectivity index (χ1n) is 4.79. The third-order valence-corrected chi connectivity index (χ3v) is 2.67. The van der Waals surface area contributed by atoms with Crippen molar-refractivity contribution >= 4 is 11.8 Å². The van der Waals surface area contributed by atoms with E-state index in [-0.39, 0.29) is 0 Å². The summed E-state index contributed by atoms with van der Waals surface area (Å²) in [4.78, 5) is 0. The highest BCUT2D eigenvalue weighted by atomic mass is 32.2. The second-order valence-electron chi connectivity index (χ2n) is 3.75. The highest BCUT2D eigenvalue weighted by Gasteiger charge is 1.99. The van der Waals surface area contributed by atoms with Gasteiger partial charge in [0.05, 0.1) is 0 Å². The Bertz CT molecular complexity index is 123. The van der Waals surface area contributed by atoms with Gasteiger partial charge < -0.3 is 0 Å². The van der Waals surface area contributed by atoms with E-state index in [9.17, 15) is 0 Å². The highest BCUT2D eigenvalue weighted by molar-refractivity contribution is 7.98. The first kappa shape index (κ1) is 12.1. The van der Waals surface area contributed by atoms with Crippen LogP contribution < -0.4 is 0 Å². The predicted molar refractivity (Wildman–Crippen MR) is 60.8 cm³/mol. The molecule has 0 bridgehead atoms. The Kier molecular flexibility index (Phi) is 7.78. The maximum atomic E-state index is 2.36. The van der Waals surface area contributed by atoms with Gasteiger partial charge in [0, 0.05) is 0 Å². The zero-order chi connectivity index (χ0) is 9.40. The van der Waals surface area contributed by atoms with E-state index in [4.69, 9.17) is 0 Å². The normalized spacial score (nSPS) is 12.7. The summed E-state index contributed by atoms with van der Waals surface area (Å²) in [7, 11) is 0. The van der Waals surface area contributed by atoms with Gasteiger partial charge in [-0.05, 0) is 51.0 Å². The van der Waals surface area contributed by atoms with Crippen LogP contribution in [0.1, 0.15) is 40.0 Å². The molecule has 0 unspecified atom stereocenters. The van der Waals surface area contributed by atoms with Gasteiger partial charge in [0.15, 0.2) is 0 Å². The maximum Gasteiger partial charge on any atom is -0.00678 e. The minimum absolute atomic E-state index is 0.896. The minimum Gasteiger partial charge on any atom is -0.165 e. The van der Waals surface area contributed by atoms with Crippen LogP contribution in [0.2, 0.25) is 0 Å². The molecule has 0 aromatic carbocycles. The van der Waals surface area contributed by atoms with Crippen molar-refractivity contribution in [3.63, 3.8) is 0 Å². The predicted octanol–water partition coefficient (Wildman–Crippen LogP) is 4.12. The Morgan fingerprint density at radius 1 is 1.33 bits per heavy atom. The number of allylic oxidation sites excluding steroid dienone is 2. The van der Waals surface area contributed by atoms with Gasteiger partial charge in [-0.3, -0.25) is 0 Å². The molecule has 1 atom stereocenters. The number of rotatable bonds is 6. The average Bonchev–Trinajstić information content (AvgIpc) is 2.00. The molecule has 0 rings (SSSR count). The van der Waals surface area contributed by atoms with Gasteiger partial charge in [0.2, 0.25) is 0 Å². The highest BCUT2D eigenvalue weighted by Crippen LogP contribution is 2.13. The molecule has 0 fully saturated rings. The summed E-state index contributed by atoms with van der Waals surface area (Å²) in [6.07, 6.45) is 8.51. The van der Waals surface area contributed by atoms with Crippen LogP contribution >= 0.6 is 11.8 Å². The molecule has 0 heterocycles. The molecule has 0 saturated carbocycles. The molecule has 0 saturated heterocycles. The van der Waals surface area contributed by atoms with Crippen LogP contribution in [0.25, 0.3) is 0 Å². The number of hydrogen-bond donors (Lipinski definition) is 0. The van der Waals surface area contributed by atoms with E-state index in [1.165, 1.54) is 30.6 Å². The largest absolute Gasteiger partial charge is 0.165 e. The van der Waals surface area contributed by atoms with Crippen molar-refractivity contribution in [2.24, 2.45) is 5.92 Å². The van der Waals surface area contributed by atoms with Crippen molar-refractivity contribution in [2.75, 3.05) is 12.0 Å². The van der Waals surface area contributed by atoms with E-state index in [2.05, 4.69) is 33.1 Å². The molecular weight excluding hydrogens is 164 g/mol. The minimum atomic E-state index is 0.896. The lowest BCUT2D eigenvalue weighted by atomic mass is 10.0. The van der Waals surface area contributed by atoms with Gasteiger partial charge in [-0.25, -0.2) is 0 Å². The standard InChI is InChI=1S/C11H22S/c1-10(2)6-5-7-11(3)8-9-12-4/h6,11H,5,7-9H2,1-4H3/t11-/m0/s1. The summed E-state index contributed by atoms with van der Waals surface area (Å²) in [5.74, 6) is 2.21. The summed E-state index contributed by atoms with van der Waals surface area (Å²) >= 11 is 1.95. The maximum absolute atomic E-state index is 2.36. The summed E-state index contributed by atoms with van der Waals surface area (Å²) in [6.45, 7) is 6.70. The second kappa shape index (κ2) is 7.72. The van der Waals surface area contributed by atoms with E-state index in [0.717, 1.165) is 5.92 Å². The summed E-state index contributed by atoms with van der Waals surface area (Å²) in [5.41, 5.74) is 1.45. The van der Waals surface area contributed by atoms with Gasteiger partial charge >= 0.3 is 0 Å². The lowest BCUT2D eigenvalue weighted by Gasteiger charge is -2.07. The van der Waals surface area contributed by atoms with E-state index in [1.807, 2.05) is 11.8 Å². The third-order valence-electron chi connectivity index (χ3n) is 2.03. The molecule has 0 aromatic rings. The molecular formula is C11H22S. The van der Waals surface area contributed by atoms with E-state index in [1.54, 1.807) is 0 Å². The van der Waals surface area contributed by atoms with Crippen LogP contribution in [0.15, 0.2) is 11.6 Å². The van der Waals surface area contributed by atoms with Crippen molar-refractivity contribution in [2.45, 2.75) is 40.0 Å². The molecule has 72 valence electrons. The molecule has 0 spiro atoms. The molecule has 1 heteroatoms. The van der Waals surface area contributed by atoms with Crippen LogP contribution in [-0.4, -0.2) is 12.0 Å². The third kappa shape index (κ3) is 8.19. The topological polar surface area (TPSA) is 0 Å². The number of hydrogen-bond acceptors (Lipinski definition) is 1. The van der Waals surface area contributed by atoms with Gasteiger partial charge in [0.1, 0.15) is 0 Å². The zero-order valence-electron chi connectivity index (χ0n) is 8.89. The fourth-order valence-electron chi connectivity index (χ4n) is 1.12. The Hall–Kier alpha value is 0.0900.